The highest BCUT2D eigenvalue weighted by atomic mass is 15.0. The maximum absolute atomic E-state index is 3.44. The fourth-order valence-corrected chi connectivity index (χ4v) is 1.88. The van der Waals surface area contributed by atoms with Crippen molar-refractivity contribution < 1.29 is 0 Å². The summed E-state index contributed by atoms with van der Waals surface area (Å²) in [4.78, 5) is 0. The summed E-state index contributed by atoms with van der Waals surface area (Å²) in [5.41, 5.74) is 1.49. The smallest absolute Gasteiger partial charge is 0.0146 e. The molecule has 2 rings (SSSR count). The van der Waals surface area contributed by atoms with E-state index in [0.717, 1.165) is 12.5 Å². The van der Waals surface area contributed by atoms with E-state index in [1.807, 2.05) is 0 Å². The van der Waals surface area contributed by atoms with E-state index in [1.165, 1.54) is 12.0 Å². The second-order valence-electron chi connectivity index (χ2n) is 3.44. The van der Waals surface area contributed by atoms with E-state index in [-0.39, 0.29) is 0 Å². The van der Waals surface area contributed by atoms with Gasteiger partial charge in [0.05, 0.1) is 0 Å². The van der Waals surface area contributed by atoms with Gasteiger partial charge < -0.3 is 5.32 Å². The maximum atomic E-state index is 3.44. The molecule has 1 heterocycles. The molecule has 0 bridgehead atoms. The quantitative estimate of drug-likeness (QED) is 0.700. The molecule has 0 saturated carbocycles. The van der Waals surface area contributed by atoms with Gasteiger partial charge in [-0.15, -0.1) is 0 Å². The summed E-state index contributed by atoms with van der Waals surface area (Å²) in [6.45, 7) is 3.40. The lowest BCUT2D eigenvalue weighted by molar-refractivity contribution is 0.303. The zero-order chi connectivity index (χ0) is 8.39. The third-order valence-corrected chi connectivity index (χ3v) is 2.75. The molecule has 64 valence electrons. The van der Waals surface area contributed by atoms with Crippen LogP contribution in [-0.2, 0) is 0 Å². The van der Waals surface area contributed by atoms with Crippen LogP contribution < -0.4 is 5.32 Å². The fourth-order valence-electron chi connectivity index (χ4n) is 1.88. The molecule has 0 spiro atoms. The predicted molar refractivity (Wildman–Crippen MR) is 51.3 cm³/mol. The van der Waals surface area contributed by atoms with Crippen molar-refractivity contribution in [3.63, 3.8) is 0 Å². The molecule has 1 fully saturated rings. The van der Waals surface area contributed by atoms with Crippen molar-refractivity contribution in [2.24, 2.45) is 0 Å². The van der Waals surface area contributed by atoms with Crippen molar-refractivity contribution in [3.8, 4) is 0 Å². The molecule has 2 unspecified atom stereocenters. The highest BCUT2D eigenvalue weighted by molar-refractivity contribution is 5.24. The molecule has 1 aliphatic rings. The molecule has 1 aliphatic heterocycles. The first-order valence-corrected chi connectivity index (χ1v) is 4.70. The van der Waals surface area contributed by atoms with E-state index in [4.69, 9.17) is 0 Å². The van der Waals surface area contributed by atoms with E-state index in [1.54, 1.807) is 0 Å². The largest absolute Gasteiger partial charge is 0.313 e. The molecule has 1 nitrogen and oxygen atoms in total. The van der Waals surface area contributed by atoms with Gasteiger partial charge in [0.2, 0.25) is 0 Å². The lowest BCUT2D eigenvalue weighted by Crippen LogP contribution is -2.50. The first-order valence-electron chi connectivity index (χ1n) is 4.70. The zero-order valence-corrected chi connectivity index (χ0v) is 7.46. The van der Waals surface area contributed by atoms with Gasteiger partial charge in [0.1, 0.15) is 0 Å². The van der Waals surface area contributed by atoms with Gasteiger partial charge in [-0.05, 0) is 12.0 Å². The van der Waals surface area contributed by atoms with E-state index in [0.29, 0.717) is 6.04 Å². The van der Waals surface area contributed by atoms with Crippen LogP contribution in [0.25, 0.3) is 0 Å². The minimum atomic E-state index is 0.715. The molecule has 1 heteroatoms. The van der Waals surface area contributed by atoms with Crippen LogP contribution in [0.5, 0.6) is 0 Å². The topological polar surface area (TPSA) is 12.0 Å². The van der Waals surface area contributed by atoms with Crippen LogP contribution in [-0.4, -0.2) is 12.6 Å². The first-order chi connectivity index (χ1) is 5.92. The van der Waals surface area contributed by atoms with Gasteiger partial charge in [-0.3, -0.25) is 0 Å². The van der Waals surface area contributed by atoms with E-state index < -0.39 is 0 Å². The second-order valence-corrected chi connectivity index (χ2v) is 3.44. The van der Waals surface area contributed by atoms with Gasteiger partial charge in [0, 0.05) is 18.5 Å². The lowest BCUT2D eigenvalue weighted by Gasteiger charge is -2.38. The van der Waals surface area contributed by atoms with E-state index in [9.17, 15) is 0 Å². The van der Waals surface area contributed by atoms with Crippen molar-refractivity contribution in [1.82, 2.24) is 5.32 Å². The van der Waals surface area contributed by atoms with Crippen LogP contribution in [0.15, 0.2) is 30.3 Å². The van der Waals surface area contributed by atoms with Crippen molar-refractivity contribution in [2.45, 2.75) is 25.3 Å². The Labute approximate surface area is 73.8 Å². The van der Waals surface area contributed by atoms with Crippen LogP contribution in [0.1, 0.15) is 24.8 Å². The van der Waals surface area contributed by atoms with Crippen molar-refractivity contribution in [2.75, 3.05) is 6.54 Å². The van der Waals surface area contributed by atoms with E-state index >= 15 is 0 Å². The Bertz CT molecular complexity index is 240. The Kier molecular flexibility index (Phi) is 2.13. The average Bonchev–Trinajstić information content (AvgIpc) is 2.05. The number of rotatable bonds is 2. The van der Waals surface area contributed by atoms with Gasteiger partial charge >= 0.3 is 0 Å². The molecular formula is C11H15N. The second kappa shape index (κ2) is 3.28. The standard InChI is InChI=1S/C11H15N/c1-2-11-10(8-12-11)9-6-4-3-5-7-9/h3-7,10-12H,2,8H2,1H3. The van der Waals surface area contributed by atoms with Gasteiger partial charge in [0.15, 0.2) is 0 Å². The number of nitrogens with one attached hydrogen (secondary N) is 1. The third kappa shape index (κ3) is 1.25. The highest BCUT2D eigenvalue weighted by Gasteiger charge is 2.29. The molecule has 2 atom stereocenters. The first kappa shape index (κ1) is 7.81. The van der Waals surface area contributed by atoms with Crippen LogP contribution in [0.3, 0.4) is 0 Å². The van der Waals surface area contributed by atoms with Crippen molar-refractivity contribution in [1.29, 1.82) is 0 Å². The Balaban J connectivity index is 2.11. The number of benzene rings is 1. The van der Waals surface area contributed by atoms with Gasteiger partial charge in [-0.2, -0.15) is 0 Å². The van der Waals surface area contributed by atoms with Crippen molar-refractivity contribution in [3.05, 3.63) is 35.9 Å². The SMILES string of the molecule is CCC1NCC1c1ccccc1. The summed E-state index contributed by atoms with van der Waals surface area (Å²) in [5, 5.41) is 3.44. The third-order valence-electron chi connectivity index (χ3n) is 2.75. The summed E-state index contributed by atoms with van der Waals surface area (Å²) < 4.78 is 0. The molecule has 1 N–H and O–H groups in total. The Morgan fingerprint density at radius 3 is 2.58 bits per heavy atom. The monoisotopic (exact) mass is 161 g/mol. The predicted octanol–water partition coefficient (Wildman–Crippen LogP) is 2.15. The Hall–Kier alpha value is -0.820. The summed E-state index contributed by atoms with van der Waals surface area (Å²) in [5.74, 6) is 0.760. The van der Waals surface area contributed by atoms with Gasteiger partial charge in [0.25, 0.3) is 0 Å². The minimum absolute atomic E-state index is 0.715. The van der Waals surface area contributed by atoms with Gasteiger partial charge in [-0.1, -0.05) is 37.3 Å². The van der Waals surface area contributed by atoms with E-state index in [2.05, 4.69) is 42.6 Å². The van der Waals surface area contributed by atoms with Crippen LogP contribution in [0.4, 0.5) is 0 Å². The average molecular weight is 161 g/mol. The zero-order valence-electron chi connectivity index (χ0n) is 7.46. The molecule has 0 aliphatic carbocycles. The minimum Gasteiger partial charge on any atom is -0.313 e. The molecule has 1 aromatic carbocycles. The number of hydrogen-bond donors (Lipinski definition) is 1. The Morgan fingerprint density at radius 2 is 2.08 bits per heavy atom. The van der Waals surface area contributed by atoms with Crippen LogP contribution >= 0.6 is 0 Å². The van der Waals surface area contributed by atoms with Crippen LogP contribution in [0, 0.1) is 0 Å². The fraction of sp³-hybridized carbons (Fsp3) is 0.455. The van der Waals surface area contributed by atoms with Crippen LogP contribution in [0.2, 0.25) is 0 Å². The summed E-state index contributed by atoms with van der Waals surface area (Å²) >= 11 is 0. The summed E-state index contributed by atoms with van der Waals surface area (Å²) in [6, 6.07) is 11.5. The molecule has 0 amide bonds. The Morgan fingerprint density at radius 1 is 1.33 bits per heavy atom. The molecule has 1 saturated heterocycles. The molecule has 1 aromatic rings. The summed E-state index contributed by atoms with van der Waals surface area (Å²) in [7, 11) is 0. The molecule has 0 radical (unpaired) electrons. The normalized spacial score (nSPS) is 28.1. The molecule has 12 heavy (non-hydrogen) atoms. The molecular weight excluding hydrogens is 146 g/mol. The van der Waals surface area contributed by atoms with Gasteiger partial charge in [-0.25, -0.2) is 0 Å². The highest BCUT2D eigenvalue weighted by Crippen LogP contribution is 2.27. The molecule has 0 aromatic heterocycles. The lowest BCUT2D eigenvalue weighted by atomic mass is 9.84. The number of hydrogen-bond acceptors (Lipinski definition) is 1. The maximum Gasteiger partial charge on any atom is 0.0146 e. The van der Waals surface area contributed by atoms with Crippen molar-refractivity contribution >= 4 is 0 Å². The summed E-state index contributed by atoms with van der Waals surface area (Å²) in [6.07, 6.45) is 1.24.